The number of anilines is 1. The molecule has 8 heteroatoms. The molecule has 0 aliphatic carbocycles. The van der Waals surface area contributed by atoms with Gasteiger partial charge in [0.1, 0.15) is 17.7 Å². The average Bonchev–Trinajstić information content (AvgIpc) is 2.49. The summed E-state index contributed by atoms with van der Waals surface area (Å²) in [5.41, 5.74) is 0.0549. The second-order valence-electron chi connectivity index (χ2n) is 5.40. The summed E-state index contributed by atoms with van der Waals surface area (Å²) in [7, 11) is 0. The molecule has 1 rings (SSSR count). The van der Waals surface area contributed by atoms with Crippen LogP contribution < -0.4 is 10.6 Å². The highest BCUT2D eigenvalue weighted by Crippen LogP contribution is 2.29. The van der Waals surface area contributed by atoms with Gasteiger partial charge >= 0.3 is 5.97 Å². The van der Waals surface area contributed by atoms with Gasteiger partial charge < -0.3 is 15.7 Å². The summed E-state index contributed by atoms with van der Waals surface area (Å²) in [5.74, 6) is -1.88. The lowest BCUT2D eigenvalue weighted by Gasteiger charge is -2.16. The summed E-state index contributed by atoms with van der Waals surface area (Å²) < 4.78 is 0. The predicted octanol–water partition coefficient (Wildman–Crippen LogP) is 3.43. The van der Waals surface area contributed by atoms with Crippen molar-refractivity contribution in [1.29, 1.82) is 5.26 Å². The lowest BCUT2D eigenvalue weighted by molar-refractivity contribution is -0.141. The molecule has 0 spiro atoms. The first-order valence-electron chi connectivity index (χ1n) is 7.10. The molecule has 6 nitrogen and oxygen atoms in total. The van der Waals surface area contributed by atoms with Gasteiger partial charge in [-0.05, 0) is 24.5 Å². The van der Waals surface area contributed by atoms with Crippen LogP contribution in [0.15, 0.2) is 30.0 Å². The maximum atomic E-state index is 12.1. The number of nitrogens with zero attached hydrogens (tertiary/aromatic N) is 1. The molecule has 1 amide bonds. The number of carboxylic acids is 1. The van der Waals surface area contributed by atoms with Crippen molar-refractivity contribution >= 4 is 40.8 Å². The zero-order chi connectivity index (χ0) is 18.3. The molecule has 0 saturated carbocycles. The molecular weight excluding hydrogens is 353 g/mol. The largest absolute Gasteiger partial charge is 0.480 e. The monoisotopic (exact) mass is 369 g/mol. The molecule has 1 aromatic carbocycles. The Balaban J connectivity index is 2.90. The third kappa shape index (κ3) is 5.76. The summed E-state index contributed by atoms with van der Waals surface area (Å²) in [6, 6.07) is 5.49. The maximum absolute atomic E-state index is 12.1. The molecule has 1 unspecified atom stereocenters. The fourth-order valence-electron chi connectivity index (χ4n) is 1.86. The van der Waals surface area contributed by atoms with E-state index in [9.17, 15) is 9.59 Å². The van der Waals surface area contributed by atoms with Crippen molar-refractivity contribution in [1.82, 2.24) is 5.32 Å². The quantitative estimate of drug-likeness (QED) is 0.504. The van der Waals surface area contributed by atoms with E-state index in [1.807, 2.05) is 13.8 Å². The SMILES string of the molecule is CC(C)CC(NC(=O)/C(C#N)=C\Nc1c(Cl)cccc1Cl)C(=O)O. The summed E-state index contributed by atoms with van der Waals surface area (Å²) in [6.07, 6.45) is 1.39. The van der Waals surface area contributed by atoms with Gasteiger partial charge in [-0.3, -0.25) is 4.79 Å². The van der Waals surface area contributed by atoms with E-state index in [0.29, 0.717) is 15.7 Å². The molecule has 0 aliphatic rings. The number of carboxylic acid groups (broad SMARTS) is 1. The van der Waals surface area contributed by atoms with Crippen LogP contribution in [0.3, 0.4) is 0 Å². The Labute approximate surface area is 150 Å². The minimum Gasteiger partial charge on any atom is -0.480 e. The van der Waals surface area contributed by atoms with Crippen LogP contribution in [0.25, 0.3) is 0 Å². The van der Waals surface area contributed by atoms with Crippen molar-refractivity contribution in [3.63, 3.8) is 0 Å². The van der Waals surface area contributed by atoms with Gasteiger partial charge in [-0.15, -0.1) is 0 Å². The van der Waals surface area contributed by atoms with E-state index in [1.54, 1.807) is 24.3 Å². The van der Waals surface area contributed by atoms with Gasteiger partial charge in [-0.1, -0.05) is 43.1 Å². The van der Waals surface area contributed by atoms with Crippen LogP contribution in [0.1, 0.15) is 20.3 Å². The molecule has 1 aromatic rings. The Morgan fingerprint density at radius 1 is 1.33 bits per heavy atom. The molecule has 0 heterocycles. The van der Waals surface area contributed by atoms with Gasteiger partial charge in [0, 0.05) is 6.20 Å². The number of amides is 1. The van der Waals surface area contributed by atoms with E-state index in [2.05, 4.69) is 10.6 Å². The molecule has 24 heavy (non-hydrogen) atoms. The number of hydrogen-bond acceptors (Lipinski definition) is 4. The first-order valence-corrected chi connectivity index (χ1v) is 7.86. The second-order valence-corrected chi connectivity index (χ2v) is 6.22. The third-order valence-electron chi connectivity index (χ3n) is 3.00. The van der Waals surface area contributed by atoms with Gasteiger partial charge in [-0.2, -0.15) is 5.26 Å². The fourth-order valence-corrected chi connectivity index (χ4v) is 2.36. The van der Waals surface area contributed by atoms with Gasteiger partial charge in [0.15, 0.2) is 0 Å². The number of halogens is 2. The zero-order valence-electron chi connectivity index (χ0n) is 13.1. The first-order chi connectivity index (χ1) is 11.3. The molecule has 0 fully saturated rings. The van der Waals surface area contributed by atoms with Crippen molar-refractivity contribution in [3.8, 4) is 6.07 Å². The highest BCUT2D eigenvalue weighted by atomic mass is 35.5. The van der Waals surface area contributed by atoms with Crippen molar-refractivity contribution in [3.05, 3.63) is 40.0 Å². The number of nitrogens with one attached hydrogen (secondary N) is 2. The highest BCUT2D eigenvalue weighted by molar-refractivity contribution is 6.39. The normalized spacial score (nSPS) is 12.4. The minimum absolute atomic E-state index is 0.0703. The topological polar surface area (TPSA) is 102 Å². The minimum atomic E-state index is -1.16. The summed E-state index contributed by atoms with van der Waals surface area (Å²) >= 11 is 12.0. The molecule has 0 radical (unpaired) electrons. The molecule has 3 N–H and O–H groups in total. The third-order valence-corrected chi connectivity index (χ3v) is 3.63. The number of aliphatic carboxylic acids is 1. The molecule has 0 aromatic heterocycles. The smallest absolute Gasteiger partial charge is 0.326 e. The van der Waals surface area contributed by atoms with Crippen molar-refractivity contribution in [2.45, 2.75) is 26.3 Å². The van der Waals surface area contributed by atoms with Gasteiger partial charge in [0.2, 0.25) is 0 Å². The van der Waals surface area contributed by atoms with E-state index in [1.165, 1.54) is 0 Å². The van der Waals surface area contributed by atoms with Crippen molar-refractivity contribution in [2.75, 3.05) is 5.32 Å². The van der Waals surface area contributed by atoms with E-state index in [-0.39, 0.29) is 17.9 Å². The van der Waals surface area contributed by atoms with Gasteiger partial charge in [0.25, 0.3) is 5.91 Å². The zero-order valence-corrected chi connectivity index (χ0v) is 14.6. The molecular formula is C16H17Cl2N3O3. The Hall–Kier alpha value is -2.23. The fraction of sp³-hybridized carbons (Fsp3) is 0.312. The summed E-state index contributed by atoms with van der Waals surface area (Å²) in [6.45, 7) is 3.67. The predicted molar refractivity (Wildman–Crippen MR) is 92.8 cm³/mol. The number of benzene rings is 1. The number of carbonyl (C=O) groups is 2. The maximum Gasteiger partial charge on any atom is 0.326 e. The summed E-state index contributed by atoms with van der Waals surface area (Å²) in [4.78, 5) is 23.3. The average molecular weight is 370 g/mol. The van der Waals surface area contributed by atoms with Gasteiger partial charge in [-0.25, -0.2) is 4.79 Å². The van der Waals surface area contributed by atoms with E-state index in [4.69, 9.17) is 33.6 Å². The van der Waals surface area contributed by atoms with E-state index < -0.39 is 17.9 Å². The van der Waals surface area contributed by atoms with Crippen molar-refractivity contribution < 1.29 is 14.7 Å². The van der Waals surface area contributed by atoms with Crippen LogP contribution in [0.2, 0.25) is 10.0 Å². The van der Waals surface area contributed by atoms with Gasteiger partial charge in [0.05, 0.1) is 15.7 Å². The molecule has 128 valence electrons. The number of nitriles is 1. The molecule has 1 atom stereocenters. The van der Waals surface area contributed by atoms with Crippen LogP contribution >= 0.6 is 23.2 Å². The number of hydrogen-bond donors (Lipinski definition) is 3. The first kappa shape index (κ1) is 19.8. The molecule has 0 saturated heterocycles. The van der Waals surface area contributed by atoms with E-state index >= 15 is 0 Å². The van der Waals surface area contributed by atoms with Crippen LogP contribution in [-0.2, 0) is 9.59 Å². The number of para-hydroxylation sites is 1. The lowest BCUT2D eigenvalue weighted by atomic mass is 10.0. The van der Waals surface area contributed by atoms with Crippen LogP contribution in [0, 0.1) is 17.2 Å². The van der Waals surface area contributed by atoms with Crippen molar-refractivity contribution in [2.24, 2.45) is 5.92 Å². The van der Waals surface area contributed by atoms with Crippen LogP contribution in [0.4, 0.5) is 5.69 Å². The van der Waals surface area contributed by atoms with Crippen LogP contribution in [0.5, 0.6) is 0 Å². The Morgan fingerprint density at radius 2 is 1.92 bits per heavy atom. The van der Waals surface area contributed by atoms with E-state index in [0.717, 1.165) is 6.20 Å². The standard InChI is InChI=1S/C16H17Cl2N3O3/c1-9(2)6-13(16(23)24)21-15(22)10(7-19)8-20-14-11(17)4-3-5-12(14)18/h3-5,8-9,13,20H,6H2,1-2H3,(H,21,22)(H,23,24)/b10-8-. The lowest BCUT2D eigenvalue weighted by Crippen LogP contribution is -2.42. The Morgan fingerprint density at radius 3 is 2.38 bits per heavy atom. The Bertz CT molecular complexity index is 676. The van der Waals surface area contributed by atoms with Crippen LogP contribution in [-0.4, -0.2) is 23.0 Å². The molecule has 0 aliphatic heterocycles. The second kappa shape index (κ2) is 9.16. The molecule has 0 bridgehead atoms. The number of carbonyl (C=O) groups excluding carboxylic acids is 1. The number of rotatable bonds is 7. The highest BCUT2D eigenvalue weighted by Gasteiger charge is 2.22. The Kier molecular flexibility index (Phi) is 7.56. The summed E-state index contributed by atoms with van der Waals surface area (Å²) in [5, 5.41) is 23.9.